The van der Waals surface area contributed by atoms with Gasteiger partial charge >= 0.3 is 0 Å². The first-order chi connectivity index (χ1) is 11.2. The second-order valence-corrected chi connectivity index (χ2v) is 5.92. The molecule has 1 aromatic carbocycles. The van der Waals surface area contributed by atoms with E-state index in [0.29, 0.717) is 0 Å². The van der Waals surface area contributed by atoms with E-state index in [-0.39, 0.29) is 5.91 Å². The van der Waals surface area contributed by atoms with Crippen LogP contribution in [-0.4, -0.2) is 42.0 Å². The highest BCUT2D eigenvalue weighted by Gasteiger charge is 2.21. The van der Waals surface area contributed by atoms with Crippen molar-refractivity contribution in [1.29, 1.82) is 0 Å². The van der Waals surface area contributed by atoms with Gasteiger partial charge in [0.1, 0.15) is 0 Å². The number of pyridine rings is 1. The molecule has 1 aliphatic rings. The lowest BCUT2D eigenvalue weighted by atomic mass is 10.1. The number of allylic oxidation sites excluding steroid dienone is 1. The molecule has 1 saturated heterocycles. The van der Waals surface area contributed by atoms with Crippen molar-refractivity contribution in [3.05, 3.63) is 48.2 Å². The maximum absolute atomic E-state index is 12.1. The Morgan fingerprint density at radius 3 is 2.70 bits per heavy atom. The van der Waals surface area contributed by atoms with Crippen LogP contribution in [0.1, 0.15) is 19.0 Å². The number of rotatable bonds is 3. The van der Waals surface area contributed by atoms with Crippen LogP contribution < -0.4 is 4.90 Å². The van der Waals surface area contributed by atoms with Gasteiger partial charge in [-0.1, -0.05) is 31.2 Å². The lowest BCUT2D eigenvalue weighted by Crippen LogP contribution is -2.48. The second kappa shape index (κ2) is 6.82. The normalized spacial score (nSPS) is 15.6. The Morgan fingerprint density at radius 2 is 1.96 bits per heavy atom. The topological polar surface area (TPSA) is 36.4 Å². The number of aryl methyl sites for hydroxylation is 1. The third kappa shape index (κ3) is 3.36. The number of para-hydroxylation sites is 1. The zero-order valence-electron chi connectivity index (χ0n) is 13.8. The number of hydrogen-bond acceptors (Lipinski definition) is 3. The molecule has 0 saturated carbocycles. The summed E-state index contributed by atoms with van der Waals surface area (Å²) in [7, 11) is 0. The van der Waals surface area contributed by atoms with E-state index in [0.717, 1.165) is 43.8 Å². The maximum atomic E-state index is 12.1. The van der Waals surface area contributed by atoms with Crippen molar-refractivity contribution in [3.8, 4) is 0 Å². The van der Waals surface area contributed by atoms with Crippen LogP contribution >= 0.6 is 0 Å². The molecular formula is C19H23N3O. The monoisotopic (exact) mass is 309 g/mol. The minimum Gasteiger partial charge on any atom is -0.367 e. The minimum atomic E-state index is 0.127. The molecule has 2 aromatic rings. The van der Waals surface area contributed by atoms with Crippen molar-refractivity contribution in [2.45, 2.75) is 20.3 Å². The average Bonchev–Trinajstić information content (AvgIpc) is 2.59. The molecule has 4 heteroatoms. The Balaban J connectivity index is 1.78. The molecule has 23 heavy (non-hydrogen) atoms. The summed E-state index contributed by atoms with van der Waals surface area (Å²) in [6.45, 7) is 7.33. The zero-order valence-corrected chi connectivity index (χ0v) is 13.8. The van der Waals surface area contributed by atoms with E-state index in [1.54, 1.807) is 6.08 Å². The molecule has 0 atom stereocenters. The first kappa shape index (κ1) is 15.5. The second-order valence-electron chi connectivity index (χ2n) is 5.92. The molecule has 0 N–H and O–H groups in total. The van der Waals surface area contributed by atoms with Gasteiger partial charge in [0.2, 0.25) is 5.91 Å². The number of hydrogen-bond donors (Lipinski definition) is 0. The third-order valence-electron chi connectivity index (χ3n) is 4.25. The van der Waals surface area contributed by atoms with Gasteiger partial charge < -0.3 is 9.80 Å². The van der Waals surface area contributed by atoms with Crippen molar-refractivity contribution < 1.29 is 4.79 Å². The van der Waals surface area contributed by atoms with Crippen molar-refractivity contribution in [1.82, 2.24) is 9.88 Å². The molecule has 1 aliphatic heterocycles. The van der Waals surface area contributed by atoms with Gasteiger partial charge in [0.05, 0.1) is 5.52 Å². The first-order valence-electron chi connectivity index (χ1n) is 8.26. The Hall–Kier alpha value is -2.36. The van der Waals surface area contributed by atoms with Crippen LogP contribution in [0.15, 0.2) is 42.5 Å². The minimum absolute atomic E-state index is 0.127. The van der Waals surface area contributed by atoms with E-state index in [9.17, 15) is 4.79 Å². The number of amides is 1. The van der Waals surface area contributed by atoms with Gasteiger partial charge in [0.15, 0.2) is 0 Å². The highest BCUT2D eigenvalue weighted by atomic mass is 16.2. The standard InChI is InChI=1S/C19H23N3O/c1-3-4-9-19(23)22-12-10-21(11-13-22)18-14-15(2)20-17-8-6-5-7-16(17)18/h4-9,14H,3,10-13H2,1-2H3/b9-4+. The largest absolute Gasteiger partial charge is 0.367 e. The molecule has 1 amide bonds. The average molecular weight is 309 g/mol. The van der Waals surface area contributed by atoms with E-state index >= 15 is 0 Å². The first-order valence-corrected chi connectivity index (χ1v) is 8.26. The lowest BCUT2D eigenvalue weighted by molar-refractivity contribution is -0.126. The maximum Gasteiger partial charge on any atom is 0.246 e. The molecule has 2 heterocycles. The van der Waals surface area contributed by atoms with Gasteiger partial charge in [-0.05, 0) is 31.6 Å². The summed E-state index contributed by atoms with van der Waals surface area (Å²) in [5.74, 6) is 0.127. The molecule has 1 fully saturated rings. The molecule has 120 valence electrons. The van der Waals surface area contributed by atoms with Gasteiger partial charge in [0.25, 0.3) is 0 Å². The fourth-order valence-corrected chi connectivity index (χ4v) is 3.04. The molecule has 0 spiro atoms. The number of fused-ring (bicyclic) bond motifs is 1. The van der Waals surface area contributed by atoms with Crippen LogP contribution in [0.4, 0.5) is 5.69 Å². The Bertz CT molecular complexity index is 730. The van der Waals surface area contributed by atoms with Crippen molar-refractivity contribution in [2.75, 3.05) is 31.1 Å². The molecule has 0 aliphatic carbocycles. The summed E-state index contributed by atoms with van der Waals surface area (Å²) >= 11 is 0. The van der Waals surface area contributed by atoms with E-state index < -0.39 is 0 Å². The molecule has 4 nitrogen and oxygen atoms in total. The van der Waals surface area contributed by atoms with Gasteiger partial charge in [0, 0.05) is 42.9 Å². The molecule has 1 aromatic heterocycles. The summed E-state index contributed by atoms with van der Waals surface area (Å²) in [5, 5.41) is 1.18. The lowest BCUT2D eigenvalue weighted by Gasteiger charge is -2.36. The van der Waals surface area contributed by atoms with Gasteiger partial charge in [-0.2, -0.15) is 0 Å². The SMILES string of the molecule is CC/C=C/C(=O)N1CCN(c2cc(C)nc3ccccc23)CC1. The fourth-order valence-electron chi connectivity index (χ4n) is 3.04. The predicted octanol–water partition coefficient (Wildman–Crippen LogP) is 3.16. The Kier molecular flexibility index (Phi) is 4.60. The van der Waals surface area contributed by atoms with Crippen molar-refractivity contribution >= 4 is 22.5 Å². The number of nitrogens with zero attached hydrogens (tertiary/aromatic N) is 3. The third-order valence-corrected chi connectivity index (χ3v) is 4.25. The van der Waals surface area contributed by atoms with Gasteiger partial charge in [-0.25, -0.2) is 0 Å². The summed E-state index contributed by atoms with van der Waals surface area (Å²) in [5.41, 5.74) is 3.29. The number of piperazine rings is 1. The smallest absolute Gasteiger partial charge is 0.246 e. The number of aromatic nitrogens is 1. The van der Waals surface area contributed by atoms with Crippen LogP contribution in [0.5, 0.6) is 0 Å². The summed E-state index contributed by atoms with van der Waals surface area (Å²) in [4.78, 5) is 21.0. The number of benzene rings is 1. The summed E-state index contributed by atoms with van der Waals surface area (Å²) < 4.78 is 0. The van der Waals surface area contributed by atoms with Gasteiger partial charge in [-0.15, -0.1) is 0 Å². The highest BCUT2D eigenvalue weighted by molar-refractivity contribution is 5.92. The van der Waals surface area contributed by atoms with Crippen LogP contribution in [-0.2, 0) is 4.79 Å². The Labute approximate surface area is 137 Å². The van der Waals surface area contributed by atoms with Crippen molar-refractivity contribution in [2.24, 2.45) is 0 Å². The number of carbonyl (C=O) groups is 1. The quantitative estimate of drug-likeness (QED) is 0.817. The van der Waals surface area contributed by atoms with Crippen LogP contribution in [0, 0.1) is 6.92 Å². The van der Waals surface area contributed by atoms with E-state index in [1.807, 2.05) is 30.9 Å². The molecule has 0 radical (unpaired) electrons. The van der Waals surface area contributed by atoms with Crippen LogP contribution in [0.25, 0.3) is 10.9 Å². The van der Waals surface area contributed by atoms with Crippen molar-refractivity contribution in [3.63, 3.8) is 0 Å². The predicted molar refractivity (Wildman–Crippen MR) is 94.7 cm³/mol. The van der Waals surface area contributed by atoms with Crippen LogP contribution in [0.2, 0.25) is 0 Å². The van der Waals surface area contributed by atoms with E-state index in [1.165, 1.54) is 11.1 Å². The zero-order chi connectivity index (χ0) is 16.2. The summed E-state index contributed by atoms with van der Waals surface area (Å²) in [6, 6.07) is 10.4. The van der Waals surface area contributed by atoms with Crippen LogP contribution in [0.3, 0.4) is 0 Å². The molecule has 0 bridgehead atoms. The van der Waals surface area contributed by atoms with E-state index in [2.05, 4.69) is 34.1 Å². The molecular weight excluding hydrogens is 286 g/mol. The van der Waals surface area contributed by atoms with E-state index in [4.69, 9.17) is 0 Å². The molecule has 0 unspecified atom stereocenters. The fraction of sp³-hybridized carbons (Fsp3) is 0.368. The Morgan fingerprint density at radius 1 is 1.22 bits per heavy atom. The molecule has 3 rings (SSSR count). The number of carbonyl (C=O) groups excluding carboxylic acids is 1. The number of anilines is 1. The summed E-state index contributed by atoms with van der Waals surface area (Å²) in [6.07, 6.45) is 4.52. The van der Waals surface area contributed by atoms with Gasteiger partial charge in [-0.3, -0.25) is 9.78 Å². The highest BCUT2D eigenvalue weighted by Crippen LogP contribution is 2.27.